The largest absolute Gasteiger partial charge is 0.497 e. The van der Waals surface area contributed by atoms with Crippen LogP contribution >= 0.6 is 23.2 Å². The smallest absolute Gasteiger partial charge is 0.325 e. The van der Waals surface area contributed by atoms with Gasteiger partial charge in [0.1, 0.15) is 17.3 Å². The zero-order valence-electron chi connectivity index (χ0n) is 24.5. The van der Waals surface area contributed by atoms with E-state index in [1.807, 2.05) is 92.7 Å². The van der Waals surface area contributed by atoms with Crippen LogP contribution in [-0.4, -0.2) is 85.0 Å². The molecule has 2 heterocycles. The molecule has 42 heavy (non-hydrogen) atoms. The number of hydrogen-bond acceptors (Lipinski definition) is 5. The normalized spacial score (nSPS) is 14.3. The van der Waals surface area contributed by atoms with Gasteiger partial charge in [-0.2, -0.15) is 0 Å². The summed E-state index contributed by atoms with van der Waals surface area (Å²) in [5, 5.41) is 1.59. The molecule has 0 saturated carbocycles. The minimum absolute atomic E-state index is 0.0170. The minimum atomic E-state index is -0.0780. The fourth-order valence-electron chi connectivity index (χ4n) is 4.24. The number of piperazine rings is 1. The molecule has 0 aliphatic carbocycles. The van der Waals surface area contributed by atoms with Gasteiger partial charge in [0.25, 0.3) is 0 Å². The Hall–Kier alpha value is -3.75. The summed E-state index contributed by atoms with van der Waals surface area (Å²) in [4.78, 5) is 34.5. The van der Waals surface area contributed by atoms with E-state index in [0.717, 1.165) is 15.6 Å². The first-order chi connectivity index (χ1) is 20.2. The third-order valence-electron chi connectivity index (χ3n) is 6.33. The van der Waals surface area contributed by atoms with Gasteiger partial charge in [-0.25, -0.2) is 4.79 Å². The fraction of sp³-hybridized carbons (Fsp3) is 0.344. The Morgan fingerprint density at radius 1 is 0.810 bits per heavy atom. The number of ether oxygens (including phenoxy) is 2. The third kappa shape index (κ3) is 9.96. The summed E-state index contributed by atoms with van der Waals surface area (Å²) in [5.74, 6) is 2.01. The number of aliphatic imine (C=N–C) groups is 1. The lowest BCUT2D eigenvalue weighted by molar-refractivity contribution is -0.130. The van der Waals surface area contributed by atoms with E-state index in [9.17, 15) is 9.59 Å². The Morgan fingerprint density at radius 2 is 1.36 bits per heavy atom. The first-order valence-electron chi connectivity index (χ1n) is 13.8. The number of carbonyl (C=O) groups is 2. The molecule has 8 nitrogen and oxygen atoms in total. The molecule has 2 aliphatic rings. The third-order valence-corrected chi connectivity index (χ3v) is 6.83. The molecule has 1 saturated heterocycles. The molecule has 3 aromatic rings. The van der Waals surface area contributed by atoms with Crippen molar-refractivity contribution in [1.29, 1.82) is 0 Å². The fourth-order valence-corrected chi connectivity index (χ4v) is 4.53. The average Bonchev–Trinajstić information content (AvgIpc) is 3.48. The summed E-state index contributed by atoms with van der Waals surface area (Å²) in [6.45, 7) is 8.74. The molecule has 0 atom stereocenters. The van der Waals surface area contributed by atoms with Crippen LogP contribution in [0, 0.1) is 0 Å². The first-order valence-corrected chi connectivity index (χ1v) is 14.6. The van der Waals surface area contributed by atoms with E-state index in [1.165, 1.54) is 0 Å². The molecule has 0 aromatic heterocycles. The zero-order valence-corrected chi connectivity index (χ0v) is 26.0. The number of urea groups is 1. The maximum Gasteiger partial charge on any atom is 0.325 e. The summed E-state index contributed by atoms with van der Waals surface area (Å²) in [7, 11) is 1.61. The van der Waals surface area contributed by atoms with Crippen LogP contribution in [0.1, 0.15) is 26.3 Å². The molecule has 224 valence electrons. The van der Waals surface area contributed by atoms with Gasteiger partial charge in [-0.3, -0.25) is 14.7 Å². The second-order valence-corrected chi connectivity index (χ2v) is 10.6. The molecule has 2 aliphatic heterocycles. The number of nitrogens with zero attached hydrogens (tertiary/aromatic N) is 4. The van der Waals surface area contributed by atoms with Gasteiger partial charge in [-0.15, -0.1) is 0 Å². The standard InChI is InChI=1S/C20H28N4O4.2C6H5Cl/c1-14(2)28-18-13-16(27-4)5-6-17(18)19-21-7-8-24(19)20(26)23-11-9-22(10-12-23)15(3)25;2*7-6-4-2-1-3-5-6/h5-6,13-14H,7-12H2,1-4H3;2*1-5H. The van der Waals surface area contributed by atoms with Gasteiger partial charge in [-0.1, -0.05) is 59.6 Å². The molecule has 0 bridgehead atoms. The van der Waals surface area contributed by atoms with Crippen molar-refractivity contribution >= 4 is 41.0 Å². The van der Waals surface area contributed by atoms with Gasteiger partial charge >= 0.3 is 6.03 Å². The molecular weight excluding hydrogens is 575 g/mol. The number of amides is 3. The number of carbonyl (C=O) groups excluding carboxylic acids is 2. The lowest BCUT2D eigenvalue weighted by Crippen LogP contribution is -2.54. The van der Waals surface area contributed by atoms with Gasteiger partial charge in [0.2, 0.25) is 5.91 Å². The molecule has 3 amide bonds. The molecule has 0 spiro atoms. The van der Waals surface area contributed by atoms with E-state index >= 15 is 0 Å². The summed E-state index contributed by atoms with van der Waals surface area (Å²) in [6.07, 6.45) is -0.0170. The highest BCUT2D eigenvalue weighted by molar-refractivity contribution is 6.30. The number of hydrogen-bond donors (Lipinski definition) is 0. The van der Waals surface area contributed by atoms with Crippen LogP contribution in [0.25, 0.3) is 0 Å². The number of rotatable bonds is 4. The molecule has 5 rings (SSSR count). The monoisotopic (exact) mass is 612 g/mol. The van der Waals surface area contributed by atoms with Crippen molar-refractivity contribution in [2.24, 2.45) is 4.99 Å². The lowest BCUT2D eigenvalue weighted by atomic mass is 10.1. The van der Waals surface area contributed by atoms with Gasteiger partial charge < -0.3 is 19.3 Å². The van der Waals surface area contributed by atoms with E-state index in [-0.39, 0.29) is 18.0 Å². The van der Waals surface area contributed by atoms with E-state index in [0.29, 0.717) is 56.6 Å². The summed E-state index contributed by atoms with van der Waals surface area (Å²) < 4.78 is 11.3. The Labute approximate surface area is 258 Å². The summed E-state index contributed by atoms with van der Waals surface area (Å²) >= 11 is 11.1. The van der Waals surface area contributed by atoms with Crippen LogP contribution in [0.2, 0.25) is 10.0 Å². The number of methoxy groups -OCH3 is 1. The second kappa shape index (κ2) is 16.6. The van der Waals surface area contributed by atoms with Crippen molar-refractivity contribution in [3.63, 3.8) is 0 Å². The van der Waals surface area contributed by atoms with Gasteiger partial charge in [0, 0.05) is 55.8 Å². The Kier molecular flexibility index (Phi) is 13.0. The van der Waals surface area contributed by atoms with Gasteiger partial charge in [0.05, 0.1) is 25.3 Å². The van der Waals surface area contributed by atoms with Gasteiger partial charge in [-0.05, 0) is 50.2 Å². The molecule has 0 radical (unpaired) electrons. The molecular formula is C32H38Cl2N4O4. The summed E-state index contributed by atoms with van der Waals surface area (Å²) in [5.41, 5.74) is 0.780. The van der Waals surface area contributed by atoms with Crippen LogP contribution in [-0.2, 0) is 4.79 Å². The highest BCUT2D eigenvalue weighted by Crippen LogP contribution is 2.29. The SMILES string of the molecule is COc1ccc(C2=NCCN2C(=O)N2CCN(C(C)=O)CC2)c(OC(C)C)c1.Clc1ccccc1.Clc1ccccc1. The number of amidine groups is 1. The number of benzene rings is 3. The van der Waals surface area contributed by atoms with Crippen molar-refractivity contribution in [1.82, 2.24) is 14.7 Å². The van der Waals surface area contributed by atoms with Crippen LogP contribution in [0.3, 0.4) is 0 Å². The highest BCUT2D eigenvalue weighted by atomic mass is 35.5. The van der Waals surface area contributed by atoms with E-state index in [4.69, 9.17) is 32.7 Å². The highest BCUT2D eigenvalue weighted by Gasteiger charge is 2.32. The quantitative estimate of drug-likeness (QED) is 0.337. The van der Waals surface area contributed by atoms with Crippen LogP contribution in [0.15, 0.2) is 83.9 Å². The van der Waals surface area contributed by atoms with Crippen LogP contribution in [0.4, 0.5) is 4.79 Å². The Morgan fingerprint density at radius 3 is 1.81 bits per heavy atom. The first kappa shape index (κ1) is 32.8. The van der Waals surface area contributed by atoms with E-state index in [1.54, 1.807) is 28.7 Å². The lowest BCUT2D eigenvalue weighted by Gasteiger charge is -2.36. The van der Waals surface area contributed by atoms with Crippen molar-refractivity contribution in [3.05, 3.63) is 94.5 Å². The average molecular weight is 614 g/mol. The Bertz CT molecular complexity index is 1280. The van der Waals surface area contributed by atoms with E-state index in [2.05, 4.69) is 4.99 Å². The van der Waals surface area contributed by atoms with E-state index < -0.39 is 0 Å². The second-order valence-electron chi connectivity index (χ2n) is 9.75. The van der Waals surface area contributed by atoms with Crippen LogP contribution < -0.4 is 9.47 Å². The van der Waals surface area contributed by atoms with Crippen molar-refractivity contribution < 1.29 is 19.1 Å². The molecule has 0 N–H and O–H groups in total. The molecule has 0 unspecified atom stereocenters. The maximum atomic E-state index is 13.1. The topological polar surface area (TPSA) is 74.7 Å². The van der Waals surface area contributed by atoms with Crippen molar-refractivity contribution in [2.75, 3.05) is 46.4 Å². The molecule has 3 aromatic carbocycles. The maximum absolute atomic E-state index is 13.1. The zero-order chi connectivity index (χ0) is 30.5. The van der Waals surface area contributed by atoms with Gasteiger partial charge in [0.15, 0.2) is 0 Å². The van der Waals surface area contributed by atoms with Crippen molar-refractivity contribution in [3.8, 4) is 11.5 Å². The predicted molar refractivity (Wildman–Crippen MR) is 169 cm³/mol. The van der Waals surface area contributed by atoms with Crippen LogP contribution in [0.5, 0.6) is 11.5 Å². The predicted octanol–water partition coefficient (Wildman–Crippen LogP) is 6.51. The molecule has 1 fully saturated rings. The van der Waals surface area contributed by atoms with Crippen molar-refractivity contribution in [2.45, 2.75) is 26.9 Å². The Balaban J connectivity index is 0.000000280. The number of halogens is 2. The minimum Gasteiger partial charge on any atom is -0.497 e. The summed E-state index contributed by atoms with van der Waals surface area (Å²) in [6, 6.07) is 24.4. The molecule has 10 heteroatoms.